The molecule has 0 aliphatic rings. The number of hydrogen-bond donors (Lipinski definition) is 2. The van der Waals surface area contributed by atoms with Crippen LogP contribution in [0.25, 0.3) is 0 Å². The van der Waals surface area contributed by atoms with Gasteiger partial charge < -0.3 is 10.8 Å². The second-order valence-corrected chi connectivity index (χ2v) is 5.35. The Labute approximate surface area is 123 Å². The van der Waals surface area contributed by atoms with Crippen molar-refractivity contribution in [2.24, 2.45) is 5.73 Å². The first kappa shape index (κ1) is 15.6. The largest absolute Gasteiger partial charge is 0.388 e. The van der Waals surface area contributed by atoms with Crippen molar-refractivity contribution in [3.05, 3.63) is 70.3 Å². The van der Waals surface area contributed by atoms with Gasteiger partial charge in [0.25, 0.3) is 0 Å². The summed E-state index contributed by atoms with van der Waals surface area (Å²) in [5.41, 5.74) is 8.82. The van der Waals surface area contributed by atoms with E-state index in [-0.39, 0.29) is 6.54 Å². The predicted octanol–water partition coefficient (Wildman–Crippen LogP) is 3.36. The monoisotopic (exact) mass is 291 g/mol. The Morgan fingerprint density at radius 2 is 1.67 bits per heavy atom. The summed E-state index contributed by atoms with van der Waals surface area (Å²) in [4.78, 5) is 0. The molecule has 2 nitrogen and oxygen atoms in total. The molecule has 0 spiro atoms. The first-order valence-electron chi connectivity index (χ1n) is 6.83. The van der Waals surface area contributed by atoms with E-state index in [0.717, 1.165) is 22.8 Å². The van der Waals surface area contributed by atoms with Gasteiger partial charge in [0.15, 0.2) is 0 Å². The normalized spacial score (nSPS) is 14.0. The molecule has 21 heavy (non-hydrogen) atoms. The fourth-order valence-electron chi connectivity index (χ4n) is 2.61. The first-order chi connectivity index (χ1) is 9.92. The molecular formula is C17H19F2NO. The Hall–Kier alpha value is -1.78. The van der Waals surface area contributed by atoms with E-state index in [0.29, 0.717) is 5.56 Å². The zero-order valence-electron chi connectivity index (χ0n) is 12.1. The summed E-state index contributed by atoms with van der Waals surface area (Å²) in [6, 6.07) is 8.92. The van der Waals surface area contributed by atoms with Crippen molar-refractivity contribution in [3.8, 4) is 0 Å². The van der Waals surface area contributed by atoms with Crippen molar-refractivity contribution >= 4 is 0 Å². The van der Waals surface area contributed by atoms with Crippen LogP contribution in [0.3, 0.4) is 0 Å². The van der Waals surface area contributed by atoms with E-state index >= 15 is 0 Å². The lowest BCUT2D eigenvalue weighted by Crippen LogP contribution is -2.21. The molecule has 0 radical (unpaired) electrons. The highest BCUT2D eigenvalue weighted by atomic mass is 19.1. The van der Waals surface area contributed by atoms with Gasteiger partial charge in [-0.15, -0.1) is 0 Å². The number of halogens is 2. The molecule has 2 aromatic rings. The van der Waals surface area contributed by atoms with Crippen LogP contribution in [0.2, 0.25) is 0 Å². The molecule has 0 aliphatic heterocycles. The molecule has 0 aromatic heterocycles. The SMILES string of the molecule is Cc1ccc(C(O)C(CN)c2cc(F)cc(F)c2)c(C)c1. The van der Waals surface area contributed by atoms with E-state index in [1.165, 1.54) is 12.1 Å². The fourth-order valence-corrected chi connectivity index (χ4v) is 2.61. The summed E-state index contributed by atoms with van der Waals surface area (Å²) in [6.45, 7) is 3.95. The summed E-state index contributed by atoms with van der Waals surface area (Å²) < 4.78 is 26.7. The number of hydrogen-bond acceptors (Lipinski definition) is 2. The van der Waals surface area contributed by atoms with Crippen molar-refractivity contribution in [2.75, 3.05) is 6.54 Å². The minimum absolute atomic E-state index is 0.0946. The second kappa shape index (κ2) is 6.33. The van der Waals surface area contributed by atoms with Gasteiger partial charge in [-0.2, -0.15) is 0 Å². The Morgan fingerprint density at radius 1 is 1.05 bits per heavy atom. The molecule has 2 aromatic carbocycles. The third kappa shape index (κ3) is 3.46. The number of aliphatic hydroxyl groups excluding tert-OH is 1. The zero-order valence-corrected chi connectivity index (χ0v) is 12.1. The predicted molar refractivity (Wildman–Crippen MR) is 79.0 cm³/mol. The van der Waals surface area contributed by atoms with Crippen LogP contribution in [0.1, 0.15) is 34.3 Å². The Kier molecular flexibility index (Phi) is 4.70. The lowest BCUT2D eigenvalue weighted by Gasteiger charge is -2.24. The van der Waals surface area contributed by atoms with Crippen LogP contribution in [0.4, 0.5) is 8.78 Å². The molecule has 112 valence electrons. The van der Waals surface area contributed by atoms with Crippen molar-refractivity contribution in [1.29, 1.82) is 0 Å². The maximum atomic E-state index is 13.4. The molecule has 0 aliphatic carbocycles. The van der Waals surface area contributed by atoms with E-state index in [1.807, 2.05) is 32.0 Å². The average Bonchev–Trinajstić information content (AvgIpc) is 2.38. The summed E-state index contributed by atoms with van der Waals surface area (Å²) in [5, 5.41) is 10.6. The van der Waals surface area contributed by atoms with E-state index in [2.05, 4.69) is 0 Å². The summed E-state index contributed by atoms with van der Waals surface area (Å²) in [6.07, 6.45) is -0.906. The second-order valence-electron chi connectivity index (χ2n) is 5.35. The highest BCUT2D eigenvalue weighted by Crippen LogP contribution is 2.32. The molecular weight excluding hydrogens is 272 g/mol. The van der Waals surface area contributed by atoms with E-state index in [1.54, 1.807) is 0 Å². The Balaban J connectivity index is 2.40. The number of benzene rings is 2. The number of aryl methyl sites for hydroxylation is 2. The summed E-state index contributed by atoms with van der Waals surface area (Å²) >= 11 is 0. The van der Waals surface area contributed by atoms with Crippen LogP contribution in [0, 0.1) is 25.5 Å². The summed E-state index contributed by atoms with van der Waals surface area (Å²) in [5.74, 6) is -1.90. The minimum atomic E-state index is -0.906. The van der Waals surface area contributed by atoms with E-state index < -0.39 is 23.7 Å². The molecule has 0 amide bonds. The van der Waals surface area contributed by atoms with Gasteiger partial charge in [0, 0.05) is 18.5 Å². The smallest absolute Gasteiger partial charge is 0.126 e. The Morgan fingerprint density at radius 3 is 2.19 bits per heavy atom. The zero-order chi connectivity index (χ0) is 15.6. The first-order valence-corrected chi connectivity index (χ1v) is 6.83. The topological polar surface area (TPSA) is 46.2 Å². The molecule has 2 rings (SSSR count). The minimum Gasteiger partial charge on any atom is -0.388 e. The van der Waals surface area contributed by atoms with Crippen molar-refractivity contribution < 1.29 is 13.9 Å². The number of nitrogens with two attached hydrogens (primary N) is 1. The number of rotatable bonds is 4. The van der Waals surface area contributed by atoms with Crippen LogP contribution in [0.5, 0.6) is 0 Å². The van der Waals surface area contributed by atoms with Gasteiger partial charge >= 0.3 is 0 Å². The highest BCUT2D eigenvalue weighted by Gasteiger charge is 2.24. The highest BCUT2D eigenvalue weighted by molar-refractivity contribution is 5.35. The van der Waals surface area contributed by atoms with Crippen molar-refractivity contribution in [1.82, 2.24) is 0 Å². The van der Waals surface area contributed by atoms with E-state index in [4.69, 9.17) is 5.73 Å². The maximum absolute atomic E-state index is 13.4. The maximum Gasteiger partial charge on any atom is 0.126 e. The number of aliphatic hydroxyl groups is 1. The standard InChI is InChI=1S/C17H19F2NO/c1-10-3-4-15(11(2)5-10)17(21)16(9-20)12-6-13(18)8-14(19)7-12/h3-8,16-17,21H,9,20H2,1-2H3. The lowest BCUT2D eigenvalue weighted by molar-refractivity contribution is 0.146. The Bertz CT molecular complexity index is 622. The lowest BCUT2D eigenvalue weighted by atomic mass is 9.87. The van der Waals surface area contributed by atoms with Gasteiger partial charge in [-0.05, 0) is 42.7 Å². The third-order valence-electron chi connectivity index (χ3n) is 3.69. The molecule has 4 heteroatoms. The fraction of sp³-hybridized carbons (Fsp3) is 0.294. The third-order valence-corrected chi connectivity index (χ3v) is 3.69. The molecule has 3 N–H and O–H groups in total. The van der Waals surface area contributed by atoms with E-state index in [9.17, 15) is 13.9 Å². The molecule has 0 saturated heterocycles. The summed E-state index contributed by atoms with van der Waals surface area (Å²) in [7, 11) is 0. The van der Waals surface area contributed by atoms with Crippen molar-refractivity contribution in [3.63, 3.8) is 0 Å². The van der Waals surface area contributed by atoms with Gasteiger partial charge in [0.2, 0.25) is 0 Å². The molecule has 0 fully saturated rings. The molecule has 2 unspecified atom stereocenters. The molecule has 0 heterocycles. The van der Waals surface area contributed by atoms with Crippen LogP contribution < -0.4 is 5.73 Å². The van der Waals surface area contributed by atoms with Gasteiger partial charge in [0.1, 0.15) is 11.6 Å². The van der Waals surface area contributed by atoms with Gasteiger partial charge in [0.05, 0.1) is 6.10 Å². The van der Waals surface area contributed by atoms with Crippen LogP contribution >= 0.6 is 0 Å². The quantitative estimate of drug-likeness (QED) is 0.907. The van der Waals surface area contributed by atoms with Gasteiger partial charge in [-0.1, -0.05) is 23.8 Å². The van der Waals surface area contributed by atoms with Crippen molar-refractivity contribution in [2.45, 2.75) is 25.9 Å². The average molecular weight is 291 g/mol. The van der Waals surface area contributed by atoms with Crippen LogP contribution in [-0.2, 0) is 0 Å². The molecule has 0 bridgehead atoms. The molecule has 0 saturated carbocycles. The van der Waals surface area contributed by atoms with Crippen LogP contribution in [0.15, 0.2) is 36.4 Å². The molecule has 2 atom stereocenters. The van der Waals surface area contributed by atoms with Crippen LogP contribution in [-0.4, -0.2) is 11.7 Å². The van der Waals surface area contributed by atoms with Gasteiger partial charge in [-0.3, -0.25) is 0 Å². The van der Waals surface area contributed by atoms with Gasteiger partial charge in [-0.25, -0.2) is 8.78 Å².